The number of rotatable bonds is 5. The molecule has 2 aromatic heterocycles. The summed E-state index contributed by atoms with van der Waals surface area (Å²) in [6.45, 7) is 7.93. The third-order valence-electron chi connectivity index (χ3n) is 6.21. The van der Waals surface area contributed by atoms with Crippen LogP contribution in [0.1, 0.15) is 33.8 Å². The van der Waals surface area contributed by atoms with Crippen molar-refractivity contribution < 1.29 is 9.53 Å². The quantitative estimate of drug-likeness (QED) is 0.579. The molecule has 0 spiro atoms. The standard InChI is InChI=1S/C23H27ClN4O2S/c1-16-20-13-21(31-23(20)28(25-16)14-17-4-6-18(24)7-5-17)22(29)27-10-8-26(9-11-27)15-19-3-2-12-30-19/h4-7,13,19H,2-3,8-12,14-15H2,1H3. The second-order valence-electron chi connectivity index (χ2n) is 8.43. The minimum atomic E-state index is 0.135. The molecule has 1 amide bonds. The van der Waals surface area contributed by atoms with Gasteiger partial charge in [0.25, 0.3) is 5.91 Å². The lowest BCUT2D eigenvalue weighted by atomic mass is 10.2. The minimum Gasteiger partial charge on any atom is -0.377 e. The number of aryl methyl sites for hydroxylation is 1. The van der Waals surface area contributed by atoms with E-state index in [4.69, 9.17) is 16.3 Å². The molecule has 0 bridgehead atoms. The first kappa shape index (κ1) is 20.9. The summed E-state index contributed by atoms with van der Waals surface area (Å²) < 4.78 is 7.75. The number of nitrogens with zero attached hydrogens (tertiary/aromatic N) is 4. The van der Waals surface area contributed by atoms with Gasteiger partial charge in [-0.05, 0) is 43.5 Å². The molecule has 0 radical (unpaired) electrons. The van der Waals surface area contributed by atoms with Crippen LogP contribution in [0.5, 0.6) is 0 Å². The Balaban J connectivity index is 1.27. The van der Waals surface area contributed by atoms with Crippen LogP contribution in [0.15, 0.2) is 30.3 Å². The van der Waals surface area contributed by atoms with E-state index in [1.807, 2.05) is 46.8 Å². The monoisotopic (exact) mass is 458 g/mol. The first-order valence-corrected chi connectivity index (χ1v) is 12.1. The van der Waals surface area contributed by atoms with Crippen molar-refractivity contribution in [2.24, 2.45) is 0 Å². The number of carbonyl (C=O) groups is 1. The highest BCUT2D eigenvalue weighted by Crippen LogP contribution is 2.30. The number of benzene rings is 1. The fraction of sp³-hybridized carbons (Fsp3) is 0.478. The summed E-state index contributed by atoms with van der Waals surface area (Å²) in [6.07, 6.45) is 2.70. The highest BCUT2D eigenvalue weighted by atomic mass is 35.5. The fourth-order valence-corrected chi connectivity index (χ4v) is 5.71. The summed E-state index contributed by atoms with van der Waals surface area (Å²) in [5.74, 6) is 0.135. The number of fused-ring (bicyclic) bond motifs is 1. The van der Waals surface area contributed by atoms with Gasteiger partial charge in [0.05, 0.1) is 23.2 Å². The van der Waals surface area contributed by atoms with Crippen LogP contribution in [0.2, 0.25) is 5.02 Å². The van der Waals surface area contributed by atoms with Crippen LogP contribution in [0.4, 0.5) is 0 Å². The van der Waals surface area contributed by atoms with Crippen LogP contribution in [0.3, 0.4) is 0 Å². The van der Waals surface area contributed by atoms with Gasteiger partial charge in [-0.1, -0.05) is 23.7 Å². The van der Waals surface area contributed by atoms with E-state index in [2.05, 4.69) is 10.00 Å². The molecule has 164 valence electrons. The topological polar surface area (TPSA) is 50.6 Å². The Bertz CT molecular complexity index is 1060. The zero-order valence-electron chi connectivity index (χ0n) is 17.7. The summed E-state index contributed by atoms with van der Waals surface area (Å²) in [7, 11) is 0. The van der Waals surface area contributed by atoms with Crippen molar-refractivity contribution in [3.05, 3.63) is 51.5 Å². The predicted molar refractivity (Wildman–Crippen MR) is 124 cm³/mol. The van der Waals surface area contributed by atoms with Gasteiger partial charge >= 0.3 is 0 Å². The number of aromatic nitrogens is 2. The summed E-state index contributed by atoms with van der Waals surface area (Å²) in [5.41, 5.74) is 2.10. The van der Waals surface area contributed by atoms with Crippen molar-refractivity contribution in [1.29, 1.82) is 0 Å². The van der Waals surface area contributed by atoms with Gasteiger partial charge in [-0.15, -0.1) is 11.3 Å². The van der Waals surface area contributed by atoms with Crippen molar-refractivity contribution in [3.8, 4) is 0 Å². The molecule has 2 saturated heterocycles. The Morgan fingerprint density at radius 1 is 1.23 bits per heavy atom. The van der Waals surface area contributed by atoms with Gasteiger partial charge in [-0.2, -0.15) is 5.10 Å². The molecular formula is C23H27ClN4O2S. The second kappa shape index (κ2) is 8.90. The summed E-state index contributed by atoms with van der Waals surface area (Å²) in [4.78, 5) is 19.5. The van der Waals surface area contributed by atoms with Crippen LogP contribution in [0.25, 0.3) is 10.2 Å². The summed E-state index contributed by atoms with van der Waals surface area (Å²) in [5, 5.41) is 6.49. The lowest BCUT2D eigenvalue weighted by Gasteiger charge is -2.35. The van der Waals surface area contributed by atoms with Gasteiger partial charge in [-0.25, -0.2) is 0 Å². The molecule has 1 aromatic carbocycles. The minimum absolute atomic E-state index is 0.135. The number of piperazine rings is 1. The van der Waals surface area contributed by atoms with E-state index in [0.29, 0.717) is 12.6 Å². The lowest BCUT2D eigenvalue weighted by Crippen LogP contribution is -2.50. The zero-order chi connectivity index (χ0) is 21.4. The molecule has 0 N–H and O–H groups in total. The maximum absolute atomic E-state index is 13.2. The van der Waals surface area contributed by atoms with Gasteiger partial charge in [-0.3, -0.25) is 14.4 Å². The Kier molecular flexibility index (Phi) is 6.01. The highest BCUT2D eigenvalue weighted by Gasteiger charge is 2.27. The molecule has 1 atom stereocenters. The van der Waals surface area contributed by atoms with E-state index in [0.717, 1.165) is 77.1 Å². The second-order valence-corrected chi connectivity index (χ2v) is 9.89. The fourth-order valence-electron chi connectivity index (χ4n) is 4.45. The molecule has 3 aromatic rings. The van der Waals surface area contributed by atoms with Gasteiger partial charge in [0.1, 0.15) is 4.83 Å². The first-order chi connectivity index (χ1) is 15.1. The molecule has 6 nitrogen and oxygen atoms in total. The number of hydrogen-bond acceptors (Lipinski definition) is 5. The van der Waals surface area contributed by atoms with Crippen molar-refractivity contribution in [2.75, 3.05) is 39.3 Å². The van der Waals surface area contributed by atoms with E-state index in [-0.39, 0.29) is 5.91 Å². The van der Waals surface area contributed by atoms with Crippen LogP contribution in [-0.2, 0) is 11.3 Å². The largest absolute Gasteiger partial charge is 0.377 e. The number of thiophene rings is 1. The molecule has 4 heterocycles. The Morgan fingerprint density at radius 2 is 2.00 bits per heavy atom. The molecule has 2 aliphatic rings. The van der Waals surface area contributed by atoms with Crippen LogP contribution in [0, 0.1) is 6.92 Å². The van der Waals surface area contributed by atoms with Crippen molar-refractivity contribution in [3.63, 3.8) is 0 Å². The molecule has 2 fully saturated rings. The third-order valence-corrected chi connectivity index (χ3v) is 7.60. The van der Waals surface area contributed by atoms with Crippen molar-refractivity contribution in [2.45, 2.75) is 32.4 Å². The molecule has 31 heavy (non-hydrogen) atoms. The van der Waals surface area contributed by atoms with E-state index in [1.165, 1.54) is 6.42 Å². The zero-order valence-corrected chi connectivity index (χ0v) is 19.3. The van der Waals surface area contributed by atoms with E-state index < -0.39 is 0 Å². The molecule has 2 aliphatic heterocycles. The van der Waals surface area contributed by atoms with E-state index >= 15 is 0 Å². The number of hydrogen-bond donors (Lipinski definition) is 0. The Morgan fingerprint density at radius 3 is 2.71 bits per heavy atom. The lowest BCUT2D eigenvalue weighted by molar-refractivity contribution is 0.0435. The molecule has 8 heteroatoms. The predicted octanol–water partition coefficient (Wildman–Crippen LogP) is 4.04. The SMILES string of the molecule is Cc1nn(Cc2ccc(Cl)cc2)c2sc(C(=O)N3CCN(CC4CCCO4)CC3)cc12. The van der Waals surface area contributed by atoms with E-state index in [1.54, 1.807) is 11.3 Å². The summed E-state index contributed by atoms with van der Waals surface area (Å²) >= 11 is 7.55. The van der Waals surface area contributed by atoms with Gasteiger partial charge in [0, 0.05) is 49.7 Å². The van der Waals surface area contributed by atoms with Crippen LogP contribution < -0.4 is 0 Å². The highest BCUT2D eigenvalue weighted by molar-refractivity contribution is 7.20. The average Bonchev–Trinajstić information content (AvgIpc) is 3.50. The third kappa shape index (κ3) is 4.51. The Labute approximate surface area is 191 Å². The molecule has 0 saturated carbocycles. The van der Waals surface area contributed by atoms with Gasteiger partial charge in [0.15, 0.2) is 0 Å². The van der Waals surface area contributed by atoms with Crippen LogP contribution in [-0.4, -0.2) is 70.9 Å². The molecule has 5 rings (SSSR count). The number of carbonyl (C=O) groups excluding carboxylic acids is 1. The molecule has 0 aliphatic carbocycles. The van der Waals surface area contributed by atoms with Crippen molar-refractivity contribution in [1.82, 2.24) is 19.6 Å². The number of halogens is 1. The molecule has 1 unspecified atom stereocenters. The van der Waals surface area contributed by atoms with Gasteiger partial charge in [0.2, 0.25) is 0 Å². The van der Waals surface area contributed by atoms with Crippen molar-refractivity contribution >= 4 is 39.1 Å². The normalized spacial score (nSPS) is 20.1. The average molecular weight is 459 g/mol. The maximum Gasteiger partial charge on any atom is 0.264 e. The summed E-state index contributed by atoms with van der Waals surface area (Å²) in [6, 6.07) is 9.84. The Hall–Kier alpha value is -1.93. The number of ether oxygens (including phenoxy) is 1. The number of amides is 1. The maximum atomic E-state index is 13.2. The van der Waals surface area contributed by atoms with E-state index in [9.17, 15) is 4.79 Å². The molecular weight excluding hydrogens is 432 g/mol. The van der Waals surface area contributed by atoms with Gasteiger partial charge < -0.3 is 9.64 Å². The smallest absolute Gasteiger partial charge is 0.264 e. The first-order valence-electron chi connectivity index (χ1n) is 10.9. The van der Waals surface area contributed by atoms with Crippen LogP contribution >= 0.6 is 22.9 Å².